The van der Waals surface area contributed by atoms with Crippen molar-refractivity contribution in [3.8, 4) is 6.07 Å². The number of hydrogen-bond donors (Lipinski definition) is 0. The second kappa shape index (κ2) is 6.48. The van der Waals surface area contributed by atoms with Gasteiger partial charge < -0.3 is 9.64 Å². The van der Waals surface area contributed by atoms with E-state index < -0.39 is 0 Å². The second-order valence-electron chi connectivity index (χ2n) is 3.48. The summed E-state index contributed by atoms with van der Waals surface area (Å²) in [6.07, 6.45) is 3.48. The maximum absolute atomic E-state index is 11.2. The highest BCUT2D eigenvalue weighted by atomic mass is 16.5. The van der Waals surface area contributed by atoms with Crippen molar-refractivity contribution in [1.82, 2.24) is 4.98 Å². The SMILES string of the molecule is CCOC(=O)CCN(C)c1cnccc1C#N. The van der Waals surface area contributed by atoms with Crippen LogP contribution in [-0.4, -0.2) is 31.2 Å². The number of ether oxygens (including phenoxy) is 1. The first-order chi connectivity index (χ1) is 8.19. The first kappa shape index (κ1) is 13.0. The van der Waals surface area contributed by atoms with Gasteiger partial charge >= 0.3 is 5.97 Å². The van der Waals surface area contributed by atoms with E-state index in [2.05, 4.69) is 11.1 Å². The molecule has 0 spiro atoms. The van der Waals surface area contributed by atoms with Gasteiger partial charge in [-0.3, -0.25) is 9.78 Å². The highest BCUT2D eigenvalue weighted by Crippen LogP contribution is 2.16. The van der Waals surface area contributed by atoms with Gasteiger partial charge in [0, 0.05) is 19.8 Å². The monoisotopic (exact) mass is 233 g/mol. The molecule has 0 aromatic carbocycles. The zero-order chi connectivity index (χ0) is 12.7. The molecule has 1 aromatic rings. The normalized spacial score (nSPS) is 9.47. The maximum atomic E-state index is 11.2. The fraction of sp³-hybridized carbons (Fsp3) is 0.417. The number of nitrogens with zero attached hydrogens (tertiary/aromatic N) is 3. The van der Waals surface area contributed by atoms with E-state index in [0.29, 0.717) is 25.1 Å². The Morgan fingerprint density at radius 3 is 3.06 bits per heavy atom. The standard InChI is InChI=1S/C12H15N3O2/c1-3-17-12(16)5-7-15(2)11-9-14-6-4-10(11)8-13/h4,6,9H,3,5,7H2,1-2H3. The Bertz CT molecular complexity index is 426. The van der Waals surface area contributed by atoms with Gasteiger partial charge in [0.1, 0.15) is 6.07 Å². The molecule has 90 valence electrons. The number of nitriles is 1. The molecule has 1 aromatic heterocycles. The Labute approximate surface area is 101 Å². The van der Waals surface area contributed by atoms with E-state index >= 15 is 0 Å². The minimum Gasteiger partial charge on any atom is -0.466 e. The number of carbonyl (C=O) groups excluding carboxylic acids is 1. The Morgan fingerprint density at radius 1 is 1.65 bits per heavy atom. The lowest BCUT2D eigenvalue weighted by molar-refractivity contribution is -0.142. The molecule has 0 amide bonds. The van der Waals surface area contributed by atoms with Crippen LogP contribution in [0, 0.1) is 11.3 Å². The summed E-state index contributed by atoms with van der Waals surface area (Å²) in [5, 5.41) is 8.93. The van der Waals surface area contributed by atoms with Crippen LogP contribution in [0.3, 0.4) is 0 Å². The number of aromatic nitrogens is 1. The summed E-state index contributed by atoms with van der Waals surface area (Å²) in [5.41, 5.74) is 1.27. The Balaban J connectivity index is 2.61. The van der Waals surface area contributed by atoms with Crippen molar-refractivity contribution in [3.05, 3.63) is 24.0 Å². The second-order valence-corrected chi connectivity index (χ2v) is 3.48. The van der Waals surface area contributed by atoms with Crippen LogP contribution in [0.25, 0.3) is 0 Å². The van der Waals surface area contributed by atoms with Crippen molar-refractivity contribution in [2.24, 2.45) is 0 Å². The van der Waals surface area contributed by atoms with E-state index in [1.165, 1.54) is 0 Å². The molecule has 0 unspecified atom stereocenters. The summed E-state index contributed by atoms with van der Waals surface area (Å²) in [4.78, 5) is 17.0. The molecule has 5 nitrogen and oxygen atoms in total. The third-order valence-corrected chi connectivity index (χ3v) is 2.29. The molecule has 0 aliphatic carbocycles. The van der Waals surface area contributed by atoms with E-state index in [4.69, 9.17) is 10.00 Å². The van der Waals surface area contributed by atoms with E-state index in [-0.39, 0.29) is 5.97 Å². The summed E-state index contributed by atoms with van der Waals surface area (Å²) >= 11 is 0. The van der Waals surface area contributed by atoms with Crippen LogP contribution in [0.5, 0.6) is 0 Å². The molecule has 17 heavy (non-hydrogen) atoms. The summed E-state index contributed by atoms with van der Waals surface area (Å²) in [6.45, 7) is 2.66. The van der Waals surface area contributed by atoms with E-state index in [1.54, 1.807) is 25.4 Å². The quantitative estimate of drug-likeness (QED) is 0.718. The van der Waals surface area contributed by atoms with Gasteiger partial charge in [-0.2, -0.15) is 5.26 Å². The molecule has 0 saturated carbocycles. The van der Waals surface area contributed by atoms with Crippen molar-refractivity contribution in [2.75, 3.05) is 25.1 Å². The zero-order valence-corrected chi connectivity index (χ0v) is 10.0. The van der Waals surface area contributed by atoms with E-state index in [1.807, 2.05) is 11.9 Å². The van der Waals surface area contributed by atoms with Crippen molar-refractivity contribution >= 4 is 11.7 Å². The topological polar surface area (TPSA) is 66.2 Å². The number of pyridine rings is 1. The predicted octanol–water partition coefficient (Wildman–Crippen LogP) is 1.34. The predicted molar refractivity (Wildman–Crippen MR) is 63.5 cm³/mol. The molecule has 5 heteroatoms. The first-order valence-electron chi connectivity index (χ1n) is 5.40. The van der Waals surface area contributed by atoms with Crippen LogP contribution in [0.1, 0.15) is 18.9 Å². The molecule has 0 atom stereocenters. The zero-order valence-electron chi connectivity index (χ0n) is 10.0. The number of anilines is 1. The van der Waals surface area contributed by atoms with Crippen LogP contribution in [0.2, 0.25) is 0 Å². The molecule has 0 N–H and O–H groups in total. The maximum Gasteiger partial charge on any atom is 0.307 e. The number of hydrogen-bond acceptors (Lipinski definition) is 5. The molecule has 0 fully saturated rings. The minimum atomic E-state index is -0.234. The lowest BCUT2D eigenvalue weighted by Crippen LogP contribution is -2.22. The first-order valence-corrected chi connectivity index (χ1v) is 5.40. The fourth-order valence-electron chi connectivity index (χ4n) is 1.40. The number of carbonyl (C=O) groups is 1. The Kier molecular flexibility index (Phi) is 4.95. The van der Waals surface area contributed by atoms with Crippen molar-refractivity contribution in [3.63, 3.8) is 0 Å². The molecule has 0 aliphatic rings. The van der Waals surface area contributed by atoms with Gasteiger partial charge in [-0.1, -0.05) is 0 Å². The van der Waals surface area contributed by atoms with Gasteiger partial charge in [0.05, 0.1) is 30.5 Å². The molecule has 1 heterocycles. The lowest BCUT2D eigenvalue weighted by atomic mass is 10.2. The van der Waals surface area contributed by atoms with Gasteiger partial charge in [-0.15, -0.1) is 0 Å². The molecule has 0 bridgehead atoms. The third kappa shape index (κ3) is 3.76. The third-order valence-electron chi connectivity index (χ3n) is 2.29. The highest BCUT2D eigenvalue weighted by molar-refractivity contribution is 5.70. The van der Waals surface area contributed by atoms with Crippen LogP contribution in [0.15, 0.2) is 18.5 Å². The average Bonchev–Trinajstić information content (AvgIpc) is 2.36. The smallest absolute Gasteiger partial charge is 0.307 e. The average molecular weight is 233 g/mol. The van der Waals surface area contributed by atoms with Crippen LogP contribution < -0.4 is 4.90 Å². The number of esters is 1. The summed E-state index contributed by atoms with van der Waals surface area (Å²) < 4.78 is 4.84. The van der Waals surface area contributed by atoms with Crippen molar-refractivity contribution < 1.29 is 9.53 Å². The largest absolute Gasteiger partial charge is 0.466 e. The van der Waals surface area contributed by atoms with Crippen LogP contribution in [0.4, 0.5) is 5.69 Å². The van der Waals surface area contributed by atoms with Crippen LogP contribution in [-0.2, 0) is 9.53 Å². The summed E-state index contributed by atoms with van der Waals surface area (Å²) in [6, 6.07) is 3.74. The van der Waals surface area contributed by atoms with Crippen LogP contribution >= 0.6 is 0 Å². The van der Waals surface area contributed by atoms with Gasteiger partial charge in [0.2, 0.25) is 0 Å². The fourth-order valence-corrected chi connectivity index (χ4v) is 1.40. The molecular weight excluding hydrogens is 218 g/mol. The molecule has 1 rings (SSSR count). The van der Waals surface area contributed by atoms with Gasteiger partial charge in [-0.05, 0) is 13.0 Å². The van der Waals surface area contributed by atoms with E-state index in [0.717, 1.165) is 5.69 Å². The molecule has 0 radical (unpaired) electrons. The molecular formula is C12H15N3O2. The minimum absolute atomic E-state index is 0.234. The molecule has 0 saturated heterocycles. The van der Waals surface area contributed by atoms with E-state index in [9.17, 15) is 4.79 Å². The summed E-state index contributed by atoms with van der Waals surface area (Å²) in [7, 11) is 1.82. The summed E-state index contributed by atoms with van der Waals surface area (Å²) in [5.74, 6) is -0.234. The van der Waals surface area contributed by atoms with Crippen molar-refractivity contribution in [1.29, 1.82) is 5.26 Å². The number of rotatable bonds is 5. The molecule has 0 aliphatic heterocycles. The Morgan fingerprint density at radius 2 is 2.41 bits per heavy atom. The van der Waals surface area contributed by atoms with Gasteiger partial charge in [-0.25, -0.2) is 0 Å². The Hall–Kier alpha value is -2.09. The van der Waals surface area contributed by atoms with Crippen molar-refractivity contribution in [2.45, 2.75) is 13.3 Å². The van der Waals surface area contributed by atoms with Gasteiger partial charge in [0.15, 0.2) is 0 Å². The highest BCUT2D eigenvalue weighted by Gasteiger charge is 2.09. The van der Waals surface area contributed by atoms with Gasteiger partial charge in [0.25, 0.3) is 0 Å². The lowest BCUT2D eigenvalue weighted by Gasteiger charge is -2.19.